The minimum Gasteiger partial charge on any atom is -0.435 e. The van der Waals surface area contributed by atoms with Gasteiger partial charge in [-0.15, -0.1) is 0 Å². The van der Waals surface area contributed by atoms with E-state index in [1.54, 1.807) is 19.9 Å². The summed E-state index contributed by atoms with van der Waals surface area (Å²) >= 11 is 0. The first-order valence-corrected chi connectivity index (χ1v) is 4.62. The van der Waals surface area contributed by atoms with Gasteiger partial charge in [0.05, 0.1) is 19.8 Å². The predicted octanol–water partition coefficient (Wildman–Crippen LogP) is 2.12. The van der Waals surface area contributed by atoms with Crippen LogP contribution in [0.5, 0.6) is 0 Å². The molecule has 0 aliphatic heterocycles. The van der Waals surface area contributed by atoms with Crippen molar-refractivity contribution in [2.75, 3.05) is 19.8 Å². The van der Waals surface area contributed by atoms with Gasteiger partial charge >= 0.3 is 6.16 Å². The molecule has 0 aliphatic carbocycles. The number of hydrogen-bond acceptors (Lipinski definition) is 4. The van der Waals surface area contributed by atoms with Crippen LogP contribution in [-0.2, 0) is 9.47 Å². The van der Waals surface area contributed by atoms with Gasteiger partial charge < -0.3 is 14.6 Å². The van der Waals surface area contributed by atoms with E-state index in [2.05, 4.69) is 9.47 Å². The van der Waals surface area contributed by atoms with Crippen molar-refractivity contribution in [3.05, 3.63) is 11.6 Å². The first kappa shape index (κ1) is 15.4. The maximum absolute atomic E-state index is 10.2. The molecule has 4 nitrogen and oxygen atoms in total. The Morgan fingerprint density at radius 1 is 1.21 bits per heavy atom. The van der Waals surface area contributed by atoms with Crippen LogP contribution in [0.15, 0.2) is 11.6 Å². The van der Waals surface area contributed by atoms with Crippen molar-refractivity contribution < 1.29 is 19.4 Å². The van der Waals surface area contributed by atoms with Gasteiger partial charge in [0.15, 0.2) is 0 Å². The topological polar surface area (TPSA) is 55.8 Å². The Morgan fingerprint density at radius 3 is 1.79 bits per heavy atom. The zero-order valence-corrected chi connectivity index (χ0v) is 9.37. The molecule has 0 spiro atoms. The molecule has 0 saturated heterocycles. The molecule has 0 unspecified atom stereocenters. The van der Waals surface area contributed by atoms with Crippen LogP contribution in [0.1, 0.15) is 27.7 Å². The monoisotopic (exact) mass is 204 g/mol. The first-order valence-electron chi connectivity index (χ1n) is 4.62. The second kappa shape index (κ2) is 12.0. The summed E-state index contributed by atoms with van der Waals surface area (Å²) in [5.74, 6) is 0. The lowest BCUT2D eigenvalue weighted by atomic mass is 10.3. The van der Waals surface area contributed by atoms with E-state index in [4.69, 9.17) is 5.11 Å². The summed E-state index contributed by atoms with van der Waals surface area (Å²) in [5.41, 5.74) is 1.16. The van der Waals surface area contributed by atoms with Crippen LogP contribution in [0.2, 0.25) is 0 Å². The van der Waals surface area contributed by atoms with Gasteiger partial charge in [0.1, 0.15) is 0 Å². The van der Waals surface area contributed by atoms with Crippen LogP contribution in [-0.4, -0.2) is 31.1 Å². The first-order chi connectivity index (χ1) is 6.58. The van der Waals surface area contributed by atoms with Gasteiger partial charge in [0.25, 0.3) is 0 Å². The van der Waals surface area contributed by atoms with Crippen molar-refractivity contribution in [1.29, 1.82) is 0 Å². The molecule has 0 bridgehead atoms. The van der Waals surface area contributed by atoms with Crippen molar-refractivity contribution in [3.63, 3.8) is 0 Å². The average molecular weight is 204 g/mol. The van der Waals surface area contributed by atoms with E-state index in [9.17, 15) is 4.79 Å². The Morgan fingerprint density at radius 2 is 1.64 bits per heavy atom. The van der Waals surface area contributed by atoms with Crippen LogP contribution in [0, 0.1) is 0 Å². The van der Waals surface area contributed by atoms with E-state index >= 15 is 0 Å². The fourth-order valence-electron chi connectivity index (χ4n) is 0.460. The molecule has 0 aromatic carbocycles. The fourth-order valence-corrected chi connectivity index (χ4v) is 0.460. The minimum absolute atomic E-state index is 0.169. The molecular formula is C10H20O4. The third kappa shape index (κ3) is 17.2. The molecule has 0 rings (SSSR count). The molecule has 84 valence electrons. The molecule has 0 heterocycles. The Balaban J connectivity index is 0. The highest BCUT2D eigenvalue weighted by molar-refractivity contribution is 5.59. The van der Waals surface area contributed by atoms with Gasteiger partial charge in [-0.3, -0.25) is 0 Å². The highest BCUT2D eigenvalue weighted by atomic mass is 16.7. The number of ether oxygens (including phenoxy) is 2. The summed E-state index contributed by atoms with van der Waals surface area (Å²) in [6, 6.07) is 0. The van der Waals surface area contributed by atoms with Crippen molar-refractivity contribution in [1.82, 2.24) is 0 Å². The third-order valence-electron chi connectivity index (χ3n) is 1.02. The average Bonchev–Trinajstić information content (AvgIpc) is 2.05. The smallest absolute Gasteiger partial charge is 0.435 e. The number of allylic oxidation sites excluding steroid dienone is 1. The number of hydrogen-bond donors (Lipinski definition) is 1. The number of rotatable bonds is 3. The van der Waals surface area contributed by atoms with E-state index in [1.807, 2.05) is 13.8 Å². The van der Waals surface area contributed by atoms with E-state index in [1.165, 1.54) is 0 Å². The molecule has 1 N–H and O–H groups in total. The quantitative estimate of drug-likeness (QED) is 0.565. The summed E-state index contributed by atoms with van der Waals surface area (Å²) in [7, 11) is 0. The number of carbonyl (C=O) groups excluding carboxylic acids is 1. The van der Waals surface area contributed by atoms with Crippen LogP contribution in [0.3, 0.4) is 0 Å². The second-order valence-corrected chi connectivity index (χ2v) is 2.58. The summed E-state index contributed by atoms with van der Waals surface area (Å²) in [6.45, 7) is 8.29. The van der Waals surface area contributed by atoms with Crippen LogP contribution < -0.4 is 0 Å². The number of aliphatic hydroxyl groups is 1. The van der Waals surface area contributed by atoms with E-state index in [-0.39, 0.29) is 6.61 Å². The molecular weight excluding hydrogens is 184 g/mol. The maximum Gasteiger partial charge on any atom is 0.508 e. The molecule has 0 atom stereocenters. The molecule has 0 aromatic rings. The zero-order chi connectivity index (χ0) is 11.4. The molecule has 0 amide bonds. The lowest BCUT2D eigenvalue weighted by molar-refractivity contribution is 0.0630. The molecule has 14 heavy (non-hydrogen) atoms. The molecule has 0 fully saturated rings. The molecule has 4 heteroatoms. The lowest BCUT2D eigenvalue weighted by Crippen LogP contribution is -2.05. The second-order valence-electron chi connectivity index (χ2n) is 2.58. The van der Waals surface area contributed by atoms with Gasteiger partial charge in [-0.05, 0) is 27.7 Å². The largest absolute Gasteiger partial charge is 0.508 e. The third-order valence-corrected chi connectivity index (χ3v) is 1.02. The lowest BCUT2D eigenvalue weighted by Gasteiger charge is -1.98. The van der Waals surface area contributed by atoms with Crippen LogP contribution in [0.4, 0.5) is 4.79 Å². The van der Waals surface area contributed by atoms with Crippen molar-refractivity contribution in [2.45, 2.75) is 27.7 Å². The molecule has 0 aromatic heterocycles. The van der Waals surface area contributed by atoms with Crippen LogP contribution >= 0.6 is 0 Å². The number of aliphatic hydroxyl groups excluding tert-OH is 1. The Kier molecular flexibility index (Phi) is 13.2. The molecule has 0 radical (unpaired) electrons. The Hall–Kier alpha value is -1.03. The van der Waals surface area contributed by atoms with Gasteiger partial charge in [-0.2, -0.15) is 0 Å². The fraction of sp³-hybridized carbons (Fsp3) is 0.700. The minimum atomic E-state index is -0.588. The highest BCUT2D eigenvalue weighted by Gasteiger charge is 1.96. The normalized spacial score (nSPS) is 8.07. The maximum atomic E-state index is 10.2. The van der Waals surface area contributed by atoms with Crippen molar-refractivity contribution in [2.24, 2.45) is 0 Å². The summed E-state index contributed by atoms with van der Waals surface area (Å²) in [6.07, 6.45) is 1.18. The van der Waals surface area contributed by atoms with Gasteiger partial charge in [0, 0.05) is 0 Å². The van der Waals surface area contributed by atoms with Crippen molar-refractivity contribution in [3.8, 4) is 0 Å². The predicted molar refractivity (Wildman–Crippen MR) is 55.2 cm³/mol. The summed E-state index contributed by atoms with van der Waals surface area (Å²) < 4.78 is 8.84. The van der Waals surface area contributed by atoms with Crippen LogP contribution in [0.25, 0.3) is 0 Å². The van der Waals surface area contributed by atoms with Crippen molar-refractivity contribution >= 4 is 6.16 Å². The molecule has 0 aliphatic rings. The highest BCUT2D eigenvalue weighted by Crippen LogP contribution is 1.83. The van der Waals surface area contributed by atoms with Gasteiger partial charge in [-0.25, -0.2) is 4.79 Å². The standard InChI is InChI=1S/C5H10O3.C5H10O/c1-3-7-5(6)8-4-2;1-5(2)3-4-6/h3-4H2,1-2H3;3,6H,4H2,1-2H3. The van der Waals surface area contributed by atoms with E-state index < -0.39 is 6.16 Å². The Labute approximate surface area is 85.5 Å². The summed E-state index contributed by atoms with van der Waals surface area (Å²) in [4.78, 5) is 10.2. The summed E-state index contributed by atoms with van der Waals surface area (Å²) in [5, 5.41) is 8.16. The van der Waals surface area contributed by atoms with E-state index in [0.29, 0.717) is 13.2 Å². The Bertz CT molecular complexity index is 152. The zero-order valence-electron chi connectivity index (χ0n) is 9.37. The van der Waals surface area contributed by atoms with E-state index in [0.717, 1.165) is 5.57 Å². The van der Waals surface area contributed by atoms with Gasteiger partial charge in [-0.1, -0.05) is 11.6 Å². The number of carbonyl (C=O) groups is 1. The molecule has 0 saturated carbocycles. The SMILES string of the molecule is CC(C)=CCO.CCOC(=O)OCC. The van der Waals surface area contributed by atoms with Gasteiger partial charge in [0.2, 0.25) is 0 Å².